The number of aryl methyl sites for hydroxylation is 1. The highest BCUT2D eigenvalue weighted by Gasteiger charge is 2.23. The lowest BCUT2D eigenvalue weighted by Crippen LogP contribution is -2.38. The Morgan fingerprint density at radius 3 is 2.30 bits per heavy atom. The predicted octanol–water partition coefficient (Wildman–Crippen LogP) is 2.51. The van der Waals surface area contributed by atoms with Crippen LogP contribution in [0.3, 0.4) is 0 Å². The zero-order chi connectivity index (χ0) is 17.1. The Bertz CT molecular complexity index is 717. The van der Waals surface area contributed by atoms with Crippen molar-refractivity contribution in [2.45, 2.75) is 39.7 Å². The number of hydrogen-bond donors (Lipinski definition) is 2. The standard InChI is InChI=1S/C17H21N3O3/c1-10(2)15-14(16(21)19-12(4)17(22)23)9-18-20(15)13-7-5-11(3)6-8-13/h5-10,12H,1-4H3,(H,19,21)(H,22,23). The summed E-state index contributed by atoms with van der Waals surface area (Å²) >= 11 is 0. The van der Waals surface area contributed by atoms with Gasteiger partial charge in [0.1, 0.15) is 6.04 Å². The monoisotopic (exact) mass is 315 g/mol. The fraction of sp³-hybridized carbons (Fsp3) is 0.353. The lowest BCUT2D eigenvalue weighted by atomic mass is 10.0. The van der Waals surface area contributed by atoms with E-state index in [-0.39, 0.29) is 5.92 Å². The largest absolute Gasteiger partial charge is 0.480 e. The van der Waals surface area contributed by atoms with E-state index in [1.54, 1.807) is 4.68 Å². The van der Waals surface area contributed by atoms with E-state index in [4.69, 9.17) is 5.11 Å². The van der Waals surface area contributed by atoms with Crippen LogP contribution in [0.4, 0.5) is 0 Å². The number of hydrogen-bond acceptors (Lipinski definition) is 3. The molecule has 122 valence electrons. The fourth-order valence-corrected chi connectivity index (χ4v) is 2.32. The maximum Gasteiger partial charge on any atom is 0.325 e. The Kier molecular flexibility index (Phi) is 4.83. The van der Waals surface area contributed by atoms with Gasteiger partial charge < -0.3 is 10.4 Å². The molecule has 0 bridgehead atoms. The number of nitrogens with zero attached hydrogens (tertiary/aromatic N) is 2. The summed E-state index contributed by atoms with van der Waals surface area (Å²) in [4.78, 5) is 23.3. The summed E-state index contributed by atoms with van der Waals surface area (Å²) in [7, 11) is 0. The van der Waals surface area contributed by atoms with Crippen molar-refractivity contribution in [3.8, 4) is 5.69 Å². The van der Waals surface area contributed by atoms with Crippen molar-refractivity contribution in [3.63, 3.8) is 0 Å². The molecule has 0 aliphatic rings. The molecule has 0 saturated heterocycles. The number of rotatable bonds is 5. The molecule has 0 spiro atoms. The molecule has 6 heteroatoms. The molecule has 6 nitrogen and oxygen atoms in total. The highest BCUT2D eigenvalue weighted by Crippen LogP contribution is 2.23. The smallest absolute Gasteiger partial charge is 0.325 e. The van der Waals surface area contributed by atoms with Crippen molar-refractivity contribution in [1.82, 2.24) is 15.1 Å². The average molecular weight is 315 g/mol. The van der Waals surface area contributed by atoms with E-state index in [0.29, 0.717) is 5.56 Å². The molecule has 23 heavy (non-hydrogen) atoms. The predicted molar refractivity (Wildman–Crippen MR) is 87.0 cm³/mol. The molecule has 1 unspecified atom stereocenters. The zero-order valence-electron chi connectivity index (χ0n) is 13.7. The van der Waals surface area contributed by atoms with Gasteiger partial charge in [-0.1, -0.05) is 31.5 Å². The third-order valence-corrected chi connectivity index (χ3v) is 3.59. The van der Waals surface area contributed by atoms with E-state index in [0.717, 1.165) is 16.9 Å². The van der Waals surface area contributed by atoms with Gasteiger partial charge in [-0.2, -0.15) is 5.10 Å². The van der Waals surface area contributed by atoms with Crippen molar-refractivity contribution >= 4 is 11.9 Å². The second-order valence-corrected chi connectivity index (χ2v) is 5.88. The molecule has 1 amide bonds. The summed E-state index contributed by atoms with van der Waals surface area (Å²) in [6, 6.07) is 6.89. The first-order valence-electron chi connectivity index (χ1n) is 7.50. The molecule has 1 aromatic heterocycles. The molecule has 0 aliphatic carbocycles. The van der Waals surface area contributed by atoms with Crippen LogP contribution in [0.15, 0.2) is 30.5 Å². The molecular formula is C17H21N3O3. The maximum absolute atomic E-state index is 12.4. The number of nitrogens with one attached hydrogen (secondary N) is 1. The van der Waals surface area contributed by atoms with E-state index in [1.165, 1.54) is 13.1 Å². The summed E-state index contributed by atoms with van der Waals surface area (Å²) in [6.45, 7) is 7.38. The Morgan fingerprint density at radius 2 is 1.78 bits per heavy atom. The van der Waals surface area contributed by atoms with Gasteiger partial charge in [-0.05, 0) is 31.9 Å². The molecule has 0 radical (unpaired) electrons. The molecule has 1 heterocycles. The summed E-state index contributed by atoms with van der Waals surface area (Å²) in [5, 5.41) is 15.7. The van der Waals surface area contributed by atoms with Crippen LogP contribution >= 0.6 is 0 Å². The van der Waals surface area contributed by atoms with Crippen molar-refractivity contribution < 1.29 is 14.7 Å². The zero-order valence-corrected chi connectivity index (χ0v) is 13.7. The first kappa shape index (κ1) is 16.7. The summed E-state index contributed by atoms with van der Waals surface area (Å²) < 4.78 is 1.73. The second-order valence-electron chi connectivity index (χ2n) is 5.88. The molecule has 1 atom stereocenters. The van der Waals surface area contributed by atoms with Crippen LogP contribution in [0.2, 0.25) is 0 Å². The molecule has 2 rings (SSSR count). The highest BCUT2D eigenvalue weighted by molar-refractivity contribution is 5.97. The minimum absolute atomic E-state index is 0.0553. The number of carboxylic acid groups (broad SMARTS) is 1. The minimum atomic E-state index is -1.07. The third kappa shape index (κ3) is 3.59. The molecule has 1 aromatic carbocycles. The Balaban J connectivity index is 2.41. The van der Waals surface area contributed by atoms with Crippen molar-refractivity contribution in [3.05, 3.63) is 47.3 Å². The van der Waals surface area contributed by atoms with Crippen molar-refractivity contribution in [2.24, 2.45) is 0 Å². The summed E-state index contributed by atoms with van der Waals surface area (Å²) in [5.74, 6) is -1.45. The third-order valence-electron chi connectivity index (χ3n) is 3.59. The fourth-order valence-electron chi connectivity index (χ4n) is 2.32. The van der Waals surface area contributed by atoms with Crippen LogP contribution in [0.1, 0.15) is 48.3 Å². The van der Waals surface area contributed by atoms with Gasteiger partial charge in [0.15, 0.2) is 0 Å². The van der Waals surface area contributed by atoms with E-state index < -0.39 is 17.9 Å². The molecule has 2 N–H and O–H groups in total. The van der Waals surface area contributed by atoms with Crippen LogP contribution in [-0.4, -0.2) is 32.8 Å². The second kappa shape index (κ2) is 6.64. The Labute approximate surface area is 135 Å². The van der Waals surface area contributed by atoms with Crippen LogP contribution in [-0.2, 0) is 4.79 Å². The average Bonchev–Trinajstić information content (AvgIpc) is 2.92. The molecule has 0 saturated carbocycles. The van der Waals surface area contributed by atoms with Gasteiger partial charge in [-0.15, -0.1) is 0 Å². The molecule has 2 aromatic rings. The van der Waals surface area contributed by atoms with Crippen LogP contribution < -0.4 is 5.32 Å². The number of aliphatic carboxylic acids is 1. The van der Waals surface area contributed by atoms with E-state index in [2.05, 4.69) is 10.4 Å². The number of carbonyl (C=O) groups excluding carboxylic acids is 1. The van der Waals surface area contributed by atoms with Gasteiger partial charge in [-0.3, -0.25) is 9.59 Å². The van der Waals surface area contributed by atoms with Crippen molar-refractivity contribution in [1.29, 1.82) is 0 Å². The van der Waals surface area contributed by atoms with Gasteiger partial charge in [0, 0.05) is 0 Å². The van der Waals surface area contributed by atoms with Gasteiger partial charge in [0.2, 0.25) is 0 Å². The topological polar surface area (TPSA) is 84.2 Å². The van der Waals surface area contributed by atoms with Gasteiger partial charge in [-0.25, -0.2) is 4.68 Å². The van der Waals surface area contributed by atoms with E-state index in [1.807, 2.05) is 45.0 Å². The SMILES string of the molecule is Cc1ccc(-n2ncc(C(=O)NC(C)C(=O)O)c2C(C)C)cc1. The van der Waals surface area contributed by atoms with Gasteiger partial charge in [0.25, 0.3) is 5.91 Å². The molecular weight excluding hydrogens is 294 g/mol. The normalized spacial score (nSPS) is 12.2. The minimum Gasteiger partial charge on any atom is -0.480 e. The Morgan fingerprint density at radius 1 is 1.17 bits per heavy atom. The number of benzene rings is 1. The van der Waals surface area contributed by atoms with E-state index in [9.17, 15) is 9.59 Å². The van der Waals surface area contributed by atoms with Gasteiger partial charge >= 0.3 is 5.97 Å². The molecule has 0 aliphatic heterocycles. The number of carboxylic acids is 1. The van der Waals surface area contributed by atoms with Crippen LogP contribution in [0, 0.1) is 6.92 Å². The summed E-state index contributed by atoms with van der Waals surface area (Å²) in [5.41, 5.74) is 3.16. The van der Waals surface area contributed by atoms with Crippen molar-refractivity contribution in [2.75, 3.05) is 0 Å². The first-order chi connectivity index (χ1) is 10.8. The first-order valence-corrected chi connectivity index (χ1v) is 7.50. The van der Waals surface area contributed by atoms with Crippen LogP contribution in [0.25, 0.3) is 5.69 Å². The highest BCUT2D eigenvalue weighted by atomic mass is 16.4. The Hall–Kier alpha value is -2.63. The van der Waals surface area contributed by atoms with Crippen LogP contribution in [0.5, 0.6) is 0 Å². The number of aromatic nitrogens is 2. The van der Waals surface area contributed by atoms with Gasteiger partial charge in [0.05, 0.1) is 23.1 Å². The summed E-state index contributed by atoms with van der Waals surface area (Å²) in [6.07, 6.45) is 1.49. The number of carbonyl (C=O) groups is 2. The molecule has 0 fully saturated rings. The quantitative estimate of drug-likeness (QED) is 0.888. The number of amides is 1. The lowest BCUT2D eigenvalue weighted by Gasteiger charge is -2.14. The lowest BCUT2D eigenvalue weighted by molar-refractivity contribution is -0.138. The maximum atomic E-state index is 12.4. The van der Waals surface area contributed by atoms with E-state index >= 15 is 0 Å².